The quantitative estimate of drug-likeness (QED) is 0.714. The van der Waals surface area contributed by atoms with Crippen molar-refractivity contribution >= 4 is 5.97 Å². The first-order chi connectivity index (χ1) is 7.77. The summed E-state index contributed by atoms with van der Waals surface area (Å²) in [5.74, 6) is -0.0569. The third-order valence-corrected chi connectivity index (χ3v) is 3.79. The van der Waals surface area contributed by atoms with Crippen molar-refractivity contribution in [3.8, 4) is 0 Å². The minimum absolute atomic E-state index is 0.0569. The van der Waals surface area contributed by atoms with Crippen LogP contribution in [0.5, 0.6) is 0 Å². The molecular weight excluding hydrogens is 206 g/mol. The Labute approximate surface area is 96.7 Å². The molecule has 4 nitrogen and oxygen atoms in total. The Kier molecular flexibility index (Phi) is 3.82. The van der Waals surface area contributed by atoms with Gasteiger partial charge in [-0.1, -0.05) is 6.42 Å². The van der Waals surface area contributed by atoms with Gasteiger partial charge < -0.3 is 14.8 Å². The van der Waals surface area contributed by atoms with Crippen LogP contribution >= 0.6 is 0 Å². The Balaban J connectivity index is 1.72. The van der Waals surface area contributed by atoms with Gasteiger partial charge in [-0.2, -0.15) is 0 Å². The average Bonchev–Trinajstić information content (AvgIpc) is 2.74. The SMILES string of the molecule is COC(=O)C1(CNCC2CCCO2)CCC1. The van der Waals surface area contributed by atoms with Crippen molar-refractivity contribution in [1.29, 1.82) is 0 Å². The molecule has 0 bridgehead atoms. The first-order valence-electron chi connectivity index (χ1n) is 6.18. The Morgan fingerprint density at radius 2 is 2.31 bits per heavy atom. The van der Waals surface area contributed by atoms with Crippen molar-refractivity contribution in [3.05, 3.63) is 0 Å². The summed E-state index contributed by atoms with van der Waals surface area (Å²) < 4.78 is 10.4. The standard InChI is InChI=1S/C12H21NO3/c1-15-11(14)12(5-3-6-12)9-13-8-10-4-2-7-16-10/h10,13H,2-9H2,1H3. The minimum atomic E-state index is -0.243. The van der Waals surface area contributed by atoms with Crippen LogP contribution in [0.1, 0.15) is 32.1 Å². The third kappa shape index (κ3) is 2.38. The zero-order chi connectivity index (χ0) is 11.4. The van der Waals surface area contributed by atoms with Gasteiger partial charge in [0.2, 0.25) is 0 Å². The highest BCUT2D eigenvalue weighted by atomic mass is 16.5. The second kappa shape index (κ2) is 5.15. The normalized spacial score (nSPS) is 27.4. The molecule has 2 fully saturated rings. The Bertz CT molecular complexity index is 245. The van der Waals surface area contributed by atoms with Crippen LogP contribution in [0.15, 0.2) is 0 Å². The molecule has 1 aliphatic carbocycles. The van der Waals surface area contributed by atoms with Crippen LogP contribution in [0.4, 0.5) is 0 Å². The molecule has 0 radical (unpaired) electrons. The van der Waals surface area contributed by atoms with Crippen LogP contribution in [0.2, 0.25) is 0 Å². The molecule has 0 aromatic rings. The number of esters is 1. The summed E-state index contributed by atoms with van der Waals surface area (Å²) >= 11 is 0. The first kappa shape index (κ1) is 11.9. The van der Waals surface area contributed by atoms with E-state index in [4.69, 9.17) is 9.47 Å². The summed E-state index contributed by atoms with van der Waals surface area (Å²) in [6.07, 6.45) is 5.69. The third-order valence-electron chi connectivity index (χ3n) is 3.79. The molecule has 1 unspecified atom stereocenters. The molecule has 0 aromatic heterocycles. The monoisotopic (exact) mass is 227 g/mol. The van der Waals surface area contributed by atoms with Gasteiger partial charge in [-0.3, -0.25) is 4.79 Å². The van der Waals surface area contributed by atoms with Gasteiger partial charge in [0.1, 0.15) is 0 Å². The van der Waals surface area contributed by atoms with E-state index in [0.29, 0.717) is 6.10 Å². The topological polar surface area (TPSA) is 47.6 Å². The highest BCUT2D eigenvalue weighted by Gasteiger charge is 2.44. The Hall–Kier alpha value is -0.610. The van der Waals surface area contributed by atoms with E-state index in [1.54, 1.807) is 0 Å². The van der Waals surface area contributed by atoms with E-state index in [9.17, 15) is 4.79 Å². The highest BCUT2D eigenvalue weighted by Crippen LogP contribution is 2.41. The number of hydrogen-bond donors (Lipinski definition) is 1. The van der Waals surface area contributed by atoms with Crippen LogP contribution in [0.25, 0.3) is 0 Å². The molecule has 4 heteroatoms. The maximum atomic E-state index is 11.6. The van der Waals surface area contributed by atoms with E-state index in [0.717, 1.165) is 51.8 Å². The molecule has 0 amide bonds. The maximum Gasteiger partial charge on any atom is 0.313 e. The Morgan fingerprint density at radius 3 is 2.81 bits per heavy atom. The smallest absolute Gasteiger partial charge is 0.313 e. The zero-order valence-corrected chi connectivity index (χ0v) is 9.96. The number of nitrogens with one attached hydrogen (secondary N) is 1. The highest BCUT2D eigenvalue weighted by molar-refractivity contribution is 5.78. The molecule has 2 aliphatic rings. The molecule has 1 aliphatic heterocycles. The molecule has 1 atom stereocenters. The van der Waals surface area contributed by atoms with Crippen LogP contribution in [0, 0.1) is 5.41 Å². The molecule has 92 valence electrons. The summed E-state index contributed by atoms with van der Waals surface area (Å²) in [4.78, 5) is 11.6. The van der Waals surface area contributed by atoms with Crippen molar-refractivity contribution in [1.82, 2.24) is 5.32 Å². The summed E-state index contributed by atoms with van der Waals surface area (Å²) in [6, 6.07) is 0. The zero-order valence-electron chi connectivity index (χ0n) is 9.96. The molecule has 1 N–H and O–H groups in total. The first-order valence-corrected chi connectivity index (χ1v) is 6.18. The lowest BCUT2D eigenvalue weighted by Crippen LogP contribution is -2.48. The van der Waals surface area contributed by atoms with Crippen molar-refractivity contribution < 1.29 is 14.3 Å². The fourth-order valence-electron chi connectivity index (χ4n) is 2.55. The second-order valence-corrected chi connectivity index (χ2v) is 4.89. The van der Waals surface area contributed by atoms with Crippen molar-refractivity contribution in [2.45, 2.75) is 38.2 Å². The minimum Gasteiger partial charge on any atom is -0.469 e. The number of hydrogen-bond acceptors (Lipinski definition) is 4. The van der Waals surface area contributed by atoms with E-state index >= 15 is 0 Å². The number of rotatable bonds is 5. The van der Waals surface area contributed by atoms with Gasteiger partial charge in [0, 0.05) is 19.7 Å². The molecule has 16 heavy (non-hydrogen) atoms. The van der Waals surface area contributed by atoms with Gasteiger partial charge >= 0.3 is 5.97 Å². The van der Waals surface area contributed by atoms with E-state index in [1.165, 1.54) is 7.11 Å². The van der Waals surface area contributed by atoms with Gasteiger partial charge in [-0.25, -0.2) is 0 Å². The van der Waals surface area contributed by atoms with E-state index in [-0.39, 0.29) is 11.4 Å². The van der Waals surface area contributed by atoms with Crippen LogP contribution in [0.3, 0.4) is 0 Å². The summed E-state index contributed by atoms with van der Waals surface area (Å²) in [7, 11) is 1.47. The predicted molar refractivity (Wildman–Crippen MR) is 60.1 cm³/mol. The van der Waals surface area contributed by atoms with Gasteiger partial charge in [0.15, 0.2) is 0 Å². The van der Waals surface area contributed by atoms with E-state index in [1.807, 2.05) is 0 Å². The molecular formula is C12H21NO3. The lowest BCUT2D eigenvalue weighted by Gasteiger charge is -2.39. The predicted octanol–water partition coefficient (Wildman–Crippen LogP) is 1.10. The Morgan fingerprint density at radius 1 is 1.50 bits per heavy atom. The van der Waals surface area contributed by atoms with E-state index in [2.05, 4.69) is 5.32 Å². The lowest BCUT2D eigenvalue weighted by molar-refractivity contribution is -0.158. The molecule has 2 rings (SSSR count). The van der Waals surface area contributed by atoms with Crippen LogP contribution in [-0.2, 0) is 14.3 Å². The van der Waals surface area contributed by atoms with Crippen LogP contribution < -0.4 is 5.32 Å². The van der Waals surface area contributed by atoms with Gasteiger partial charge in [-0.05, 0) is 25.7 Å². The van der Waals surface area contributed by atoms with E-state index < -0.39 is 0 Å². The molecule has 1 heterocycles. The van der Waals surface area contributed by atoms with Gasteiger partial charge in [-0.15, -0.1) is 0 Å². The van der Waals surface area contributed by atoms with Crippen molar-refractivity contribution in [3.63, 3.8) is 0 Å². The fourth-order valence-corrected chi connectivity index (χ4v) is 2.55. The second-order valence-electron chi connectivity index (χ2n) is 4.89. The fraction of sp³-hybridized carbons (Fsp3) is 0.917. The summed E-state index contributed by atoms with van der Waals surface area (Å²) in [5, 5.41) is 3.36. The van der Waals surface area contributed by atoms with Crippen molar-refractivity contribution in [2.75, 3.05) is 26.8 Å². The maximum absolute atomic E-state index is 11.6. The molecule has 0 aromatic carbocycles. The molecule has 1 saturated carbocycles. The number of carbonyl (C=O) groups excluding carboxylic acids is 1. The largest absolute Gasteiger partial charge is 0.469 e. The number of ether oxygens (including phenoxy) is 2. The summed E-state index contributed by atoms with van der Waals surface area (Å²) in [6.45, 7) is 2.48. The number of methoxy groups -OCH3 is 1. The van der Waals surface area contributed by atoms with Gasteiger partial charge in [0.25, 0.3) is 0 Å². The number of carbonyl (C=O) groups is 1. The molecule has 0 spiro atoms. The summed E-state index contributed by atoms with van der Waals surface area (Å²) in [5.41, 5.74) is -0.243. The van der Waals surface area contributed by atoms with Crippen molar-refractivity contribution in [2.24, 2.45) is 5.41 Å². The average molecular weight is 227 g/mol. The molecule has 1 saturated heterocycles. The van der Waals surface area contributed by atoms with Crippen LogP contribution in [-0.4, -0.2) is 38.9 Å². The van der Waals surface area contributed by atoms with Gasteiger partial charge in [0.05, 0.1) is 18.6 Å². The lowest BCUT2D eigenvalue weighted by atomic mass is 9.68.